The van der Waals surface area contributed by atoms with Gasteiger partial charge in [-0.05, 0) is 56.7 Å². The SMILES string of the molecule is CC(C)(C)OC(=O)NC(c1ccc(Cl)c(Cl)c1)C1CC1CO. The monoisotopic (exact) mass is 345 g/mol. The summed E-state index contributed by atoms with van der Waals surface area (Å²) in [4.78, 5) is 12.1. The lowest BCUT2D eigenvalue weighted by Gasteiger charge is -2.24. The molecule has 22 heavy (non-hydrogen) atoms. The van der Waals surface area contributed by atoms with E-state index in [0.717, 1.165) is 12.0 Å². The Morgan fingerprint density at radius 1 is 1.41 bits per heavy atom. The van der Waals surface area contributed by atoms with E-state index < -0.39 is 11.7 Å². The van der Waals surface area contributed by atoms with Gasteiger partial charge in [-0.3, -0.25) is 0 Å². The zero-order valence-electron chi connectivity index (χ0n) is 12.9. The lowest BCUT2D eigenvalue weighted by Crippen LogP contribution is -2.36. The number of rotatable bonds is 4. The Hall–Kier alpha value is -0.970. The van der Waals surface area contributed by atoms with Crippen molar-refractivity contribution >= 4 is 29.3 Å². The predicted octanol–water partition coefficient (Wildman–Crippen LogP) is 4.19. The number of aliphatic hydroxyl groups excluding tert-OH is 1. The van der Waals surface area contributed by atoms with Gasteiger partial charge in [-0.2, -0.15) is 0 Å². The summed E-state index contributed by atoms with van der Waals surface area (Å²) in [5, 5.41) is 13.1. The molecule has 1 aliphatic carbocycles. The van der Waals surface area contributed by atoms with Gasteiger partial charge in [-0.15, -0.1) is 0 Å². The van der Waals surface area contributed by atoms with Crippen LogP contribution in [0, 0.1) is 11.8 Å². The van der Waals surface area contributed by atoms with Gasteiger partial charge in [0, 0.05) is 6.61 Å². The summed E-state index contributed by atoms with van der Waals surface area (Å²) in [5.41, 5.74) is 0.299. The molecule has 0 spiro atoms. The predicted molar refractivity (Wildman–Crippen MR) is 87.3 cm³/mol. The Kier molecular flexibility index (Phi) is 5.25. The first-order chi connectivity index (χ1) is 10.2. The van der Waals surface area contributed by atoms with Crippen LogP contribution >= 0.6 is 23.2 Å². The lowest BCUT2D eigenvalue weighted by atomic mass is 10.0. The molecule has 122 valence electrons. The molecule has 3 atom stereocenters. The van der Waals surface area contributed by atoms with Gasteiger partial charge in [0.2, 0.25) is 0 Å². The third-order valence-electron chi connectivity index (χ3n) is 3.61. The van der Waals surface area contributed by atoms with Gasteiger partial charge in [0.05, 0.1) is 16.1 Å². The maximum Gasteiger partial charge on any atom is 0.408 e. The van der Waals surface area contributed by atoms with E-state index in [1.54, 1.807) is 12.1 Å². The minimum atomic E-state index is -0.563. The van der Waals surface area contributed by atoms with E-state index in [1.807, 2.05) is 26.8 Å². The Balaban J connectivity index is 2.16. The number of alkyl carbamates (subject to hydrolysis) is 1. The Morgan fingerprint density at radius 3 is 2.59 bits per heavy atom. The van der Waals surface area contributed by atoms with E-state index in [9.17, 15) is 9.90 Å². The van der Waals surface area contributed by atoms with Gasteiger partial charge in [0.1, 0.15) is 5.60 Å². The summed E-state index contributed by atoms with van der Waals surface area (Å²) < 4.78 is 5.32. The molecular weight excluding hydrogens is 325 g/mol. The molecule has 1 amide bonds. The fourth-order valence-corrected chi connectivity index (χ4v) is 2.77. The van der Waals surface area contributed by atoms with Gasteiger partial charge < -0.3 is 15.2 Å². The number of ether oxygens (including phenoxy) is 1. The van der Waals surface area contributed by atoms with Gasteiger partial charge in [0.25, 0.3) is 0 Å². The molecule has 0 aliphatic heterocycles. The van der Waals surface area contributed by atoms with Crippen molar-refractivity contribution in [3.63, 3.8) is 0 Å². The molecule has 1 fully saturated rings. The number of amides is 1. The minimum Gasteiger partial charge on any atom is -0.444 e. The number of carbonyl (C=O) groups is 1. The molecule has 1 saturated carbocycles. The molecule has 4 nitrogen and oxygen atoms in total. The molecule has 0 radical (unpaired) electrons. The summed E-state index contributed by atoms with van der Waals surface area (Å²) >= 11 is 12.0. The quantitative estimate of drug-likeness (QED) is 0.860. The Bertz CT molecular complexity index is 557. The first-order valence-corrected chi connectivity index (χ1v) is 8.02. The van der Waals surface area contributed by atoms with Crippen LogP contribution in [0.15, 0.2) is 18.2 Å². The smallest absolute Gasteiger partial charge is 0.408 e. The fraction of sp³-hybridized carbons (Fsp3) is 0.562. The van der Waals surface area contributed by atoms with E-state index >= 15 is 0 Å². The normalized spacial score (nSPS) is 22.1. The lowest BCUT2D eigenvalue weighted by molar-refractivity contribution is 0.0494. The van der Waals surface area contributed by atoms with Gasteiger partial charge in [-0.1, -0.05) is 29.3 Å². The van der Waals surface area contributed by atoms with Crippen molar-refractivity contribution in [1.82, 2.24) is 5.32 Å². The molecule has 2 rings (SSSR count). The number of hydrogen-bond acceptors (Lipinski definition) is 3. The summed E-state index contributed by atoms with van der Waals surface area (Å²) in [6.07, 6.45) is 0.379. The summed E-state index contributed by atoms with van der Waals surface area (Å²) in [6, 6.07) is 5.04. The molecule has 0 heterocycles. The number of nitrogens with one attached hydrogen (secondary N) is 1. The van der Waals surface area contributed by atoms with E-state index in [2.05, 4.69) is 5.32 Å². The summed E-state index contributed by atoms with van der Waals surface area (Å²) in [5.74, 6) is 0.365. The molecule has 1 aromatic rings. The second-order valence-corrected chi connectivity index (χ2v) is 7.45. The van der Waals surface area contributed by atoms with Crippen LogP contribution in [0.25, 0.3) is 0 Å². The average molecular weight is 346 g/mol. The standard InChI is InChI=1S/C16H21Cl2NO3/c1-16(2,3)22-15(21)19-14(11-6-10(11)8-20)9-4-5-12(17)13(18)7-9/h4-5,7,10-11,14,20H,6,8H2,1-3H3,(H,19,21). The average Bonchev–Trinajstić information content (AvgIpc) is 3.16. The largest absolute Gasteiger partial charge is 0.444 e. The van der Waals surface area contributed by atoms with Gasteiger partial charge in [0.15, 0.2) is 0 Å². The number of aliphatic hydroxyl groups is 1. The van der Waals surface area contributed by atoms with E-state index in [0.29, 0.717) is 10.0 Å². The zero-order chi connectivity index (χ0) is 16.5. The van der Waals surface area contributed by atoms with Crippen LogP contribution < -0.4 is 5.32 Å². The second kappa shape index (κ2) is 6.65. The molecule has 2 N–H and O–H groups in total. The van der Waals surface area contributed by atoms with Crippen molar-refractivity contribution in [3.8, 4) is 0 Å². The molecule has 1 aliphatic rings. The Morgan fingerprint density at radius 2 is 2.09 bits per heavy atom. The number of halogens is 2. The highest BCUT2D eigenvalue weighted by atomic mass is 35.5. The maximum absolute atomic E-state index is 12.1. The van der Waals surface area contributed by atoms with Crippen molar-refractivity contribution in [1.29, 1.82) is 0 Å². The van der Waals surface area contributed by atoms with Gasteiger partial charge >= 0.3 is 6.09 Å². The van der Waals surface area contributed by atoms with Crippen LogP contribution in [0.5, 0.6) is 0 Å². The van der Waals surface area contributed by atoms with E-state index in [-0.39, 0.29) is 24.5 Å². The molecule has 6 heteroatoms. The van der Waals surface area contributed by atoms with Crippen LogP contribution in [-0.4, -0.2) is 23.4 Å². The molecule has 1 aromatic carbocycles. The van der Waals surface area contributed by atoms with E-state index in [1.165, 1.54) is 0 Å². The molecule has 3 unspecified atom stereocenters. The Labute approximate surface area is 140 Å². The fourth-order valence-electron chi connectivity index (χ4n) is 2.47. The highest BCUT2D eigenvalue weighted by molar-refractivity contribution is 6.42. The van der Waals surface area contributed by atoms with Crippen LogP contribution in [0.2, 0.25) is 10.0 Å². The second-order valence-electron chi connectivity index (χ2n) is 6.64. The van der Waals surface area contributed by atoms with Crippen molar-refractivity contribution in [2.45, 2.75) is 38.8 Å². The van der Waals surface area contributed by atoms with E-state index in [4.69, 9.17) is 27.9 Å². The van der Waals surface area contributed by atoms with Crippen LogP contribution in [0.4, 0.5) is 4.79 Å². The van der Waals surface area contributed by atoms with Crippen LogP contribution in [0.3, 0.4) is 0 Å². The summed E-state index contributed by atoms with van der Waals surface area (Å²) in [7, 11) is 0. The third kappa shape index (κ3) is 4.51. The van der Waals surface area contributed by atoms with Crippen LogP contribution in [-0.2, 0) is 4.74 Å². The number of benzene rings is 1. The van der Waals surface area contributed by atoms with Crippen molar-refractivity contribution in [2.24, 2.45) is 11.8 Å². The number of carbonyl (C=O) groups excluding carboxylic acids is 1. The maximum atomic E-state index is 12.1. The topological polar surface area (TPSA) is 58.6 Å². The van der Waals surface area contributed by atoms with Crippen molar-refractivity contribution < 1.29 is 14.6 Å². The van der Waals surface area contributed by atoms with Crippen molar-refractivity contribution in [2.75, 3.05) is 6.61 Å². The molecular formula is C16H21Cl2NO3. The first kappa shape index (κ1) is 17.4. The number of hydrogen-bond donors (Lipinski definition) is 2. The van der Waals surface area contributed by atoms with Gasteiger partial charge in [-0.25, -0.2) is 4.79 Å². The minimum absolute atomic E-state index is 0.110. The third-order valence-corrected chi connectivity index (χ3v) is 4.35. The molecule has 0 bridgehead atoms. The zero-order valence-corrected chi connectivity index (χ0v) is 14.4. The van der Waals surface area contributed by atoms with Crippen molar-refractivity contribution in [3.05, 3.63) is 33.8 Å². The highest BCUT2D eigenvalue weighted by Crippen LogP contribution is 2.47. The highest BCUT2D eigenvalue weighted by Gasteiger charge is 2.44. The van der Waals surface area contributed by atoms with Crippen LogP contribution in [0.1, 0.15) is 38.8 Å². The molecule has 0 saturated heterocycles. The first-order valence-electron chi connectivity index (χ1n) is 7.26. The summed E-state index contributed by atoms with van der Waals surface area (Å²) in [6.45, 7) is 5.55. The molecule has 0 aromatic heterocycles.